The summed E-state index contributed by atoms with van der Waals surface area (Å²) in [5.41, 5.74) is 6.35. The Morgan fingerprint density at radius 3 is 2.64 bits per heavy atom. The van der Waals surface area contributed by atoms with E-state index in [0.717, 1.165) is 45.8 Å². The van der Waals surface area contributed by atoms with Crippen LogP contribution in [0.3, 0.4) is 0 Å². The van der Waals surface area contributed by atoms with Crippen LogP contribution in [0, 0.1) is 0 Å². The van der Waals surface area contributed by atoms with Gasteiger partial charge in [-0.2, -0.15) is 0 Å². The van der Waals surface area contributed by atoms with Crippen LogP contribution in [-0.4, -0.2) is 91.7 Å². The summed E-state index contributed by atoms with van der Waals surface area (Å²) in [7, 11) is 0. The van der Waals surface area contributed by atoms with E-state index >= 15 is 0 Å². The van der Waals surface area contributed by atoms with Gasteiger partial charge in [-0.15, -0.1) is 0 Å². The minimum absolute atomic E-state index is 0.0351. The fraction of sp³-hybridized carbons (Fsp3) is 0.632. The lowest BCUT2D eigenvalue weighted by Gasteiger charge is -2.29. The maximum atomic E-state index is 11.1. The molecule has 0 amide bonds. The maximum Gasteiger partial charge on any atom is 0.317 e. The zero-order valence-electron chi connectivity index (χ0n) is 16.5. The number of aliphatic hydroxyl groups excluding tert-OH is 1. The molecule has 0 spiro atoms. The summed E-state index contributed by atoms with van der Waals surface area (Å²) in [4.78, 5) is 15.3. The number of benzene rings is 1. The quantitative estimate of drug-likeness (QED) is 0.387. The first-order valence-electron chi connectivity index (χ1n) is 9.49. The lowest BCUT2D eigenvalue weighted by atomic mass is 10.3. The van der Waals surface area contributed by atoms with Gasteiger partial charge in [0.1, 0.15) is 5.75 Å². The molecule has 0 radical (unpaired) electrons. The number of ether oxygens (including phenoxy) is 2. The van der Waals surface area contributed by atoms with E-state index in [1.807, 2.05) is 4.90 Å². The number of aliphatic carboxylic acids is 1. The topological polar surface area (TPSA) is 108 Å². The molecule has 1 heterocycles. The lowest BCUT2D eigenvalue weighted by Crippen LogP contribution is -2.43. The highest BCUT2D eigenvalue weighted by Crippen LogP contribution is 2.24. The van der Waals surface area contributed by atoms with Crippen LogP contribution in [0.5, 0.6) is 5.75 Å². The van der Waals surface area contributed by atoms with E-state index in [-0.39, 0.29) is 13.2 Å². The summed E-state index contributed by atoms with van der Waals surface area (Å²) >= 11 is 5.86. The average molecular weight is 418 g/mol. The van der Waals surface area contributed by atoms with Crippen molar-refractivity contribution in [1.82, 2.24) is 9.80 Å². The number of nitrogens with two attached hydrogens (primary N) is 1. The second-order valence-electron chi connectivity index (χ2n) is 6.32. The van der Waals surface area contributed by atoms with Gasteiger partial charge in [0.25, 0.3) is 0 Å². The average Bonchev–Trinajstić information content (AvgIpc) is 2.65. The molecule has 8 nitrogen and oxygen atoms in total. The summed E-state index contributed by atoms with van der Waals surface area (Å²) in [6.45, 7) is 7.96. The molecule has 0 unspecified atom stereocenters. The molecule has 28 heavy (non-hydrogen) atoms. The van der Waals surface area contributed by atoms with E-state index in [1.54, 1.807) is 25.1 Å². The fourth-order valence-corrected chi connectivity index (χ4v) is 2.87. The van der Waals surface area contributed by atoms with Crippen molar-refractivity contribution < 1.29 is 24.5 Å². The Kier molecular flexibility index (Phi) is 12.6. The third-order valence-corrected chi connectivity index (χ3v) is 4.28. The third-order valence-electron chi connectivity index (χ3n) is 4.04. The third kappa shape index (κ3) is 10.7. The number of aliphatic hydroxyl groups is 1. The Balaban J connectivity index is 0.00000122. The van der Waals surface area contributed by atoms with E-state index in [0.29, 0.717) is 29.6 Å². The van der Waals surface area contributed by atoms with E-state index in [4.69, 9.17) is 37.0 Å². The molecule has 0 saturated carbocycles. The smallest absolute Gasteiger partial charge is 0.317 e. The second-order valence-corrected chi connectivity index (χ2v) is 6.76. The zero-order valence-corrected chi connectivity index (χ0v) is 17.2. The van der Waals surface area contributed by atoms with Gasteiger partial charge < -0.3 is 25.4 Å². The standard InChI is InChI=1S/C17H26ClN3O4.C2H6O/c18-14-2-3-16(15(19)12-14)25-9-1-4-21(13-17(22)23)6-5-20-7-10-24-11-8-20;1-2-3/h2-3,12H,1,4-11,13,19H2,(H,22,23);3H,2H2,1H3. The summed E-state index contributed by atoms with van der Waals surface area (Å²) in [6.07, 6.45) is 0.721. The van der Waals surface area contributed by atoms with Crippen LogP contribution in [0.1, 0.15) is 13.3 Å². The molecule has 0 atom stereocenters. The van der Waals surface area contributed by atoms with Gasteiger partial charge in [-0.05, 0) is 31.5 Å². The minimum atomic E-state index is -0.815. The SMILES string of the molecule is CCO.Nc1cc(Cl)ccc1OCCCN(CCN1CCOCC1)CC(=O)O. The number of halogens is 1. The van der Waals surface area contributed by atoms with Crippen LogP contribution in [-0.2, 0) is 9.53 Å². The van der Waals surface area contributed by atoms with Crippen molar-refractivity contribution >= 4 is 23.3 Å². The van der Waals surface area contributed by atoms with Crippen molar-refractivity contribution in [3.63, 3.8) is 0 Å². The molecular formula is C19H32ClN3O5. The highest BCUT2D eigenvalue weighted by atomic mass is 35.5. The molecule has 0 bridgehead atoms. The number of morpholine rings is 1. The Bertz CT molecular complexity index is 571. The van der Waals surface area contributed by atoms with Crippen LogP contribution in [0.4, 0.5) is 5.69 Å². The van der Waals surface area contributed by atoms with Crippen molar-refractivity contribution in [3.8, 4) is 5.75 Å². The van der Waals surface area contributed by atoms with E-state index < -0.39 is 5.97 Å². The van der Waals surface area contributed by atoms with Crippen molar-refractivity contribution in [3.05, 3.63) is 23.2 Å². The molecule has 1 aromatic rings. The zero-order chi connectivity index (χ0) is 20.8. The van der Waals surface area contributed by atoms with Crippen molar-refractivity contribution in [2.24, 2.45) is 0 Å². The number of carboxylic acid groups (broad SMARTS) is 1. The molecule has 1 aromatic carbocycles. The number of rotatable bonds is 10. The molecule has 4 N–H and O–H groups in total. The molecule has 1 aliphatic heterocycles. The number of hydrogen-bond acceptors (Lipinski definition) is 7. The number of nitrogen functional groups attached to an aromatic ring is 1. The van der Waals surface area contributed by atoms with Gasteiger partial charge in [-0.25, -0.2) is 0 Å². The monoisotopic (exact) mass is 417 g/mol. The van der Waals surface area contributed by atoms with Gasteiger partial charge >= 0.3 is 5.97 Å². The van der Waals surface area contributed by atoms with Gasteiger partial charge in [0.05, 0.1) is 32.1 Å². The Hall–Kier alpha value is -1.58. The Labute approximate surface area is 171 Å². The number of carboxylic acids is 1. The first-order valence-corrected chi connectivity index (χ1v) is 9.87. The molecular weight excluding hydrogens is 386 g/mol. The molecule has 1 fully saturated rings. The highest BCUT2D eigenvalue weighted by molar-refractivity contribution is 6.30. The predicted molar refractivity (Wildman–Crippen MR) is 110 cm³/mol. The van der Waals surface area contributed by atoms with Crippen LogP contribution in [0.15, 0.2) is 18.2 Å². The van der Waals surface area contributed by atoms with Gasteiger partial charge in [0, 0.05) is 44.4 Å². The summed E-state index contributed by atoms with van der Waals surface area (Å²) < 4.78 is 11.0. The lowest BCUT2D eigenvalue weighted by molar-refractivity contribution is -0.138. The minimum Gasteiger partial charge on any atom is -0.491 e. The number of hydrogen-bond donors (Lipinski definition) is 3. The molecule has 2 rings (SSSR count). The predicted octanol–water partition coefficient (Wildman–Crippen LogP) is 1.41. The summed E-state index contributed by atoms with van der Waals surface area (Å²) in [5.74, 6) is -0.215. The molecule has 9 heteroatoms. The number of nitrogens with zero attached hydrogens (tertiary/aromatic N) is 2. The summed E-state index contributed by atoms with van der Waals surface area (Å²) in [6, 6.07) is 5.12. The van der Waals surface area contributed by atoms with Crippen LogP contribution < -0.4 is 10.5 Å². The number of carbonyl (C=O) groups is 1. The van der Waals surface area contributed by atoms with Crippen LogP contribution in [0.2, 0.25) is 5.02 Å². The normalized spacial score (nSPS) is 14.4. The first kappa shape index (κ1) is 24.5. The van der Waals surface area contributed by atoms with E-state index in [2.05, 4.69) is 4.90 Å². The molecule has 160 valence electrons. The van der Waals surface area contributed by atoms with E-state index in [9.17, 15) is 4.79 Å². The van der Waals surface area contributed by atoms with E-state index in [1.165, 1.54) is 0 Å². The van der Waals surface area contributed by atoms with Crippen LogP contribution >= 0.6 is 11.6 Å². The first-order chi connectivity index (χ1) is 13.5. The van der Waals surface area contributed by atoms with Crippen LogP contribution in [0.25, 0.3) is 0 Å². The molecule has 1 saturated heterocycles. The largest absolute Gasteiger partial charge is 0.491 e. The fourth-order valence-electron chi connectivity index (χ4n) is 2.69. The molecule has 0 aromatic heterocycles. The van der Waals surface area contributed by atoms with Gasteiger partial charge in [-0.3, -0.25) is 14.6 Å². The maximum absolute atomic E-state index is 11.1. The molecule has 1 aliphatic rings. The summed E-state index contributed by atoms with van der Waals surface area (Å²) in [5, 5.41) is 17.2. The Morgan fingerprint density at radius 2 is 2.04 bits per heavy atom. The number of anilines is 1. The van der Waals surface area contributed by atoms with Gasteiger partial charge in [0.2, 0.25) is 0 Å². The van der Waals surface area contributed by atoms with Crippen molar-refractivity contribution in [1.29, 1.82) is 0 Å². The van der Waals surface area contributed by atoms with Crippen molar-refractivity contribution in [2.45, 2.75) is 13.3 Å². The van der Waals surface area contributed by atoms with Gasteiger partial charge in [-0.1, -0.05) is 11.6 Å². The molecule has 0 aliphatic carbocycles. The Morgan fingerprint density at radius 1 is 1.36 bits per heavy atom. The highest BCUT2D eigenvalue weighted by Gasteiger charge is 2.14. The van der Waals surface area contributed by atoms with Crippen molar-refractivity contribution in [2.75, 3.05) is 71.4 Å². The van der Waals surface area contributed by atoms with Gasteiger partial charge in [0.15, 0.2) is 0 Å². The second kappa shape index (κ2) is 14.4.